The van der Waals surface area contributed by atoms with Gasteiger partial charge in [0, 0.05) is 5.92 Å². The lowest BCUT2D eigenvalue weighted by atomic mass is 9.97. The zero-order valence-electron chi connectivity index (χ0n) is 10.4. The molecule has 2 atom stereocenters. The van der Waals surface area contributed by atoms with Crippen LogP contribution < -0.4 is 0 Å². The van der Waals surface area contributed by atoms with E-state index in [0.717, 1.165) is 0 Å². The number of rotatable bonds is 5. The highest BCUT2D eigenvalue weighted by Crippen LogP contribution is 2.21. The third kappa shape index (κ3) is 3.31. The lowest BCUT2D eigenvalue weighted by Crippen LogP contribution is -2.37. The van der Waals surface area contributed by atoms with Crippen LogP contribution in [0.15, 0.2) is 30.3 Å². The van der Waals surface area contributed by atoms with Crippen molar-refractivity contribution in [3.8, 4) is 0 Å². The number of aliphatic hydroxyl groups excluding tert-OH is 1. The second-order valence-electron chi connectivity index (χ2n) is 4.69. The molecule has 18 heavy (non-hydrogen) atoms. The molecule has 1 fully saturated rings. The van der Waals surface area contributed by atoms with E-state index in [0.29, 0.717) is 31.1 Å². The van der Waals surface area contributed by atoms with Crippen molar-refractivity contribution < 1.29 is 19.4 Å². The average Bonchev–Trinajstić information content (AvgIpc) is 2.32. The quantitative estimate of drug-likeness (QED) is 0.807. The van der Waals surface area contributed by atoms with Crippen molar-refractivity contribution >= 4 is 5.97 Å². The number of hydrogen-bond donors (Lipinski definition) is 1. The van der Waals surface area contributed by atoms with Crippen LogP contribution in [-0.2, 0) is 9.47 Å². The minimum Gasteiger partial charge on any atom is -0.456 e. The molecule has 4 nitrogen and oxygen atoms in total. The maximum Gasteiger partial charge on any atom is 0.338 e. The third-order valence-electron chi connectivity index (χ3n) is 3.08. The van der Waals surface area contributed by atoms with E-state index >= 15 is 0 Å². The summed E-state index contributed by atoms with van der Waals surface area (Å²) < 4.78 is 10.4. The molecule has 1 heterocycles. The van der Waals surface area contributed by atoms with Gasteiger partial charge in [-0.05, 0) is 25.5 Å². The molecule has 1 saturated heterocycles. The van der Waals surface area contributed by atoms with Gasteiger partial charge in [0.25, 0.3) is 0 Å². The van der Waals surface area contributed by atoms with Crippen LogP contribution in [0.2, 0.25) is 0 Å². The monoisotopic (exact) mass is 250 g/mol. The summed E-state index contributed by atoms with van der Waals surface area (Å²) in [6, 6.07) is 8.82. The molecule has 1 N–H and O–H groups in total. The molecule has 1 aromatic rings. The van der Waals surface area contributed by atoms with E-state index in [-0.39, 0.29) is 5.97 Å². The van der Waals surface area contributed by atoms with Crippen molar-refractivity contribution in [2.24, 2.45) is 5.92 Å². The van der Waals surface area contributed by atoms with E-state index in [9.17, 15) is 9.90 Å². The fourth-order valence-electron chi connectivity index (χ4n) is 1.87. The highest BCUT2D eigenvalue weighted by atomic mass is 16.6. The van der Waals surface area contributed by atoms with E-state index in [1.807, 2.05) is 6.07 Å². The summed E-state index contributed by atoms with van der Waals surface area (Å²) >= 11 is 0. The lowest BCUT2D eigenvalue weighted by molar-refractivity contribution is -0.0766. The van der Waals surface area contributed by atoms with Crippen LogP contribution in [0.3, 0.4) is 0 Å². The number of esters is 1. The van der Waals surface area contributed by atoms with Crippen molar-refractivity contribution in [3.05, 3.63) is 35.9 Å². The summed E-state index contributed by atoms with van der Waals surface area (Å²) in [5, 5.41) is 9.66. The first-order chi connectivity index (χ1) is 8.66. The number of benzene rings is 1. The molecule has 1 aliphatic rings. The average molecular weight is 250 g/mol. The van der Waals surface area contributed by atoms with Gasteiger partial charge in [0.1, 0.15) is 6.10 Å². The molecule has 0 aromatic heterocycles. The topological polar surface area (TPSA) is 55.8 Å². The molecule has 1 aliphatic heterocycles. The number of ether oxygens (including phenoxy) is 2. The molecule has 0 bridgehead atoms. The molecule has 0 amide bonds. The predicted molar refractivity (Wildman–Crippen MR) is 66.3 cm³/mol. The summed E-state index contributed by atoms with van der Waals surface area (Å²) in [6.45, 7) is 3.01. The summed E-state index contributed by atoms with van der Waals surface area (Å²) in [7, 11) is 0. The molecular weight excluding hydrogens is 232 g/mol. The molecule has 0 spiro atoms. The van der Waals surface area contributed by atoms with Crippen molar-refractivity contribution in [1.29, 1.82) is 0 Å². The minimum atomic E-state index is -0.668. The molecule has 0 unspecified atom stereocenters. The second kappa shape index (κ2) is 5.98. The lowest BCUT2D eigenvalue weighted by Gasteiger charge is -2.30. The zero-order valence-corrected chi connectivity index (χ0v) is 10.4. The van der Waals surface area contributed by atoms with Crippen LogP contribution in [0.25, 0.3) is 0 Å². The van der Waals surface area contributed by atoms with Crippen LogP contribution in [0.1, 0.15) is 23.7 Å². The van der Waals surface area contributed by atoms with Gasteiger partial charge in [0.2, 0.25) is 0 Å². The SMILES string of the molecule is C[C@@H](O)[C@H](CC1COC1)OC(=O)c1ccccc1. The Morgan fingerprint density at radius 3 is 2.61 bits per heavy atom. The first kappa shape index (κ1) is 13.1. The Hall–Kier alpha value is -1.39. The van der Waals surface area contributed by atoms with Gasteiger partial charge < -0.3 is 14.6 Å². The Bertz CT molecular complexity index is 384. The van der Waals surface area contributed by atoms with Crippen molar-refractivity contribution in [1.82, 2.24) is 0 Å². The molecular formula is C14H18O4. The van der Waals surface area contributed by atoms with Crippen LogP contribution in [0, 0.1) is 5.92 Å². The summed E-state index contributed by atoms with van der Waals surface area (Å²) in [6.07, 6.45) is -0.485. The van der Waals surface area contributed by atoms with E-state index in [1.165, 1.54) is 0 Å². The predicted octanol–water partition coefficient (Wildman–Crippen LogP) is 1.63. The number of aliphatic hydroxyl groups is 1. The molecule has 2 rings (SSSR count). The molecule has 4 heteroatoms. The summed E-state index contributed by atoms with van der Waals surface area (Å²) in [4.78, 5) is 11.9. The highest BCUT2D eigenvalue weighted by Gasteiger charge is 2.28. The Balaban J connectivity index is 1.93. The Morgan fingerprint density at radius 2 is 2.11 bits per heavy atom. The van der Waals surface area contributed by atoms with Gasteiger partial charge in [-0.2, -0.15) is 0 Å². The Kier molecular flexibility index (Phi) is 4.33. The van der Waals surface area contributed by atoms with Crippen LogP contribution in [-0.4, -0.2) is 36.5 Å². The van der Waals surface area contributed by atoms with Gasteiger partial charge in [-0.1, -0.05) is 18.2 Å². The second-order valence-corrected chi connectivity index (χ2v) is 4.69. The number of carbonyl (C=O) groups is 1. The Labute approximate surface area is 107 Å². The van der Waals surface area contributed by atoms with E-state index in [2.05, 4.69) is 0 Å². The van der Waals surface area contributed by atoms with Gasteiger partial charge in [-0.25, -0.2) is 4.79 Å². The van der Waals surface area contributed by atoms with Crippen molar-refractivity contribution in [2.75, 3.05) is 13.2 Å². The van der Waals surface area contributed by atoms with Crippen molar-refractivity contribution in [2.45, 2.75) is 25.6 Å². The Morgan fingerprint density at radius 1 is 1.44 bits per heavy atom. The van der Waals surface area contributed by atoms with Crippen LogP contribution in [0.5, 0.6) is 0 Å². The fourth-order valence-corrected chi connectivity index (χ4v) is 1.87. The smallest absolute Gasteiger partial charge is 0.338 e. The largest absolute Gasteiger partial charge is 0.456 e. The van der Waals surface area contributed by atoms with Gasteiger partial charge in [-0.15, -0.1) is 0 Å². The third-order valence-corrected chi connectivity index (χ3v) is 3.08. The minimum absolute atomic E-state index is 0.383. The first-order valence-corrected chi connectivity index (χ1v) is 6.18. The van der Waals surface area contributed by atoms with Gasteiger partial charge in [-0.3, -0.25) is 0 Å². The van der Waals surface area contributed by atoms with Crippen molar-refractivity contribution in [3.63, 3.8) is 0 Å². The summed E-state index contributed by atoms with van der Waals surface area (Å²) in [5.74, 6) is -0.00471. The number of hydrogen-bond acceptors (Lipinski definition) is 4. The standard InChI is InChI=1S/C14H18O4/c1-10(15)13(7-11-8-17-9-11)18-14(16)12-5-3-2-4-6-12/h2-6,10-11,13,15H,7-9H2,1H3/t10-,13+/m1/s1. The maximum atomic E-state index is 11.9. The normalized spacial score (nSPS) is 18.8. The summed E-state index contributed by atoms with van der Waals surface area (Å²) in [5.41, 5.74) is 0.507. The van der Waals surface area contributed by atoms with Gasteiger partial charge in [0.15, 0.2) is 0 Å². The fraction of sp³-hybridized carbons (Fsp3) is 0.500. The van der Waals surface area contributed by atoms with Crippen LogP contribution in [0.4, 0.5) is 0 Å². The zero-order chi connectivity index (χ0) is 13.0. The van der Waals surface area contributed by atoms with E-state index in [4.69, 9.17) is 9.47 Å². The molecule has 0 aliphatic carbocycles. The maximum absolute atomic E-state index is 11.9. The molecule has 0 saturated carbocycles. The molecule has 1 aromatic carbocycles. The van der Waals surface area contributed by atoms with Gasteiger partial charge in [0.05, 0.1) is 24.9 Å². The van der Waals surface area contributed by atoms with Crippen LogP contribution >= 0.6 is 0 Å². The first-order valence-electron chi connectivity index (χ1n) is 6.18. The van der Waals surface area contributed by atoms with E-state index < -0.39 is 12.2 Å². The van der Waals surface area contributed by atoms with Gasteiger partial charge >= 0.3 is 5.97 Å². The molecule has 98 valence electrons. The number of carbonyl (C=O) groups excluding carboxylic acids is 1. The molecule has 0 radical (unpaired) electrons. The highest BCUT2D eigenvalue weighted by molar-refractivity contribution is 5.89. The van der Waals surface area contributed by atoms with E-state index in [1.54, 1.807) is 31.2 Å².